The Morgan fingerprint density at radius 3 is 2.67 bits per heavy atom. The number of rotatable bonds is 7. The van der Waals surface area contributed by atoms with Crippen molar-refractivity contribution in [2.45, 2.75) is 45.3 Å². The van der Waals surface area contributed by atoms with Gasteiger partial charge in [-0.25, -0.2) is 0 Å². The second-order valence-corrected chi connectivity index (χ2v) is 7.31. The molecule has 2 aliphatic rings. The second kappa shape index (κ2) is 9.45. The Balaban J connectivity index is 1.47. The molecule has 0 saturated carbocycles. The molecule has 2 aliphatic heterocycles. The minimum Gasteiger partial charge on any atom is -0.463 e. The third-order valence-electron chi connectivity index (χ3n) is 5.12. The predicted octanol–water partition coefficient (Wildman–Crippen LogP) is 1.91. The van der Waals surface area contributed by atoms with Crippen molar-refractivity contribution in [1.29, 1.82) is 10.5 Å². The van der Waals surface area contributed by atoms with Crippen LogP contribution in [0, 0.1) is 22.7 Å². The van der Waals surface area contributed by atoms with E-state index in [4.69, 9.17) is 14.9 Å². The van der Waals surface area contributed by atoms with Crippen molar-refractivity contribution in [3.05, 3.63) is 35.0 Å². The molecule has 2 saturated heterocycles. The molecule has 1 aromatic rings. The van der Waals surface area contributed by atoms with Crippen LogP contribution >= 0.6 is 0 Å². The third kappa shape index (κ3) is 5.26. The monoisotopic (exact) mass is 368 g/mol. The Morgan fingerprint density at radius 2 is 1.93 bits per heavy atom. The Bertz CT molecular complexity index is 718. The summed E-state index contributed by atoms with van der Waals surface area (Å²) in [5.74, 6) is 2.62. The highest BCUT2D eigenvalue weighted by Crippen LogP contribution is 2.16. The summed E-state index contributed by atoms with van der Waals surface area (Å²) in [6, 6.07) is 8.26. The topological polar surface area (TPSA) is 91.3 Å². The average molecular weight is 368 g/mol. The summed E-state index contributed by atoms with van der Waals surface area (Å²) in [7, 11) is 0. The number of likely N-dealkylation sites (tertiary alicyclic amines) is 1. The first kappa shape index (κ1) is 19.3. The first-order valence-electron chi connectivity index (χ1n) is 9.76. The Hall–Kier alpha value is -2.48. The van der Waals surface area contributed by atoms with Crippen LogP contribution in [0.3, 0.4) is 0 Å². The maximum atomic E-state index is 9.08. The van der Waals surface area contributed by atoms with Gasteiger partial charge in [-0.15, -0.1) is 0 Å². The van der Waals surface area contributed by atoms with Crippen molar-refractivity contribution in [1.82, 2.24) is 20.4 Å². The lowest BCUT2D eigenvalue weighted by atomic mass is 10.1. The highest BCUT2D eigenvalue weighted by molar-refractivity contribution is 5.39. The average Bonchev–Trinajstić information content (AvgIpc) is 3.32. The molecule has 0 bridgehead atoms. The zero-order chi connectivity index (χ0) is 19.1. The van der Waals surface area contributed by atoms with Gasteiger partial charge in [-0.05, 0) is 45.0 Å². The smallest absolute Gasteiger partial charge is 0.169 e. The van der Waals surface area contributed by atoms with Gasteiger partial charge in [0.1, 0.15) is 29.5 Å². The van der Waals surface area contributed by atoms with Crippen LogP contribution in [0.15, 0.2) is 27.9 Å². The number of hydrogen-bond donors (Lipinski definition) is 2. The highest BCUT2D eigenvalue weighted by atomic mass is 16.3. The number of nitriles is 2. The van der Waals surface area contributed by atoms with Gasteiger partial charge in [-0.1, -0.05) is 6.42 Å². The maximum Gasteiger partial charge on any atom is 0.169 e. The van der Waals surface area contributed by atoms with E-state index in [1.807, 2.05) is 18.2 Å². The lowest BCUT2D eigenvalue weighted by molar-refractivity contribution is 0.203. The van der Waals surface area contributed by atoms with Gasteiger partial charge in [0.15, 0.2) is 5.57 Å². The number of nitrogens with zero attached hydrogens (tertiary/aromatic N) is 4. The van der Waals surface area contributed by atoms with E-state index in [-0.39, 0.29) is 11.6 Å². The molecule has 3 rings (SSSR count). The molecule has 0 spiro atoms. The SMILES string of the molecule is CC(CN1CCNC1=C(C#N)C#N)NCc1ccc(CN2CCCCC2)o1. The van der Waals surface area contributed by atoms with E-state index in [0.29, 0.717) is 12.4 Å². The maximum absolute atomic E-state index is 9.08. The molecule has 0 aromatic carbocycles. The molecule has 2 N–H and O–H groups in total. The summed E-state index contributed by atoms with van der Waals surface area (Å²) in [5.41, 5.74) is 0.146. The van der Waals surface area contributed by atoms with Gasteiger partial charge in [-0.3, -0.25) is 4.90 Å². The van der Waals surface area contributed by atoms with Crippen molar-refractivity contribution in [2.75, 3.05) is 32.7 Å². The normalized spacial score (nSPS) is 18.6. The largest absolute Gasteiger partial charge is 0.463 e. The van der Waals surface area contributed by atoms with Crippen molar-refractivity contribution in [3.8, 4) is 12.1 Å². The van der Waals surface area contributed by atoms with E-state index in [1.54, 1.807) is 0 Å². The molecule has 27 heavy (non-hydrogen) atoms. The van der Waals surface area contributed by atoms with Crippen molar-refractivity contribution in [3.63, 3.8) is 0 Å². The molecule has 7 nitrogen and oxygen atoms in total. The van der Waals surface area contributed by atoms with Crippen molar-refractivity contribution < 1.29 is 4.42 Å². The lowest BCUT2D eigenvalue weighted by Crippen LogP contribution is -2.37. The molecule has 7 heteroatoms. The molecular weight excluding hydrogens is 340 g/mol. The molecule has 1 atom stereocenters. The molecule has 0 radical (unpaired) electrons. The molecular formula is C20H28N6O. The van der Waals surface area contributed by atoms with Crippen LogP contribution in [-0.4, -0.2) is 48.6 Å². The van der Waals surface area contributed by atoms with Crippen LogP contribution in [0.1, 0.15) is 37.7 Å². The minimum atomic E-state index is 0.146. The zero-order valence-electron chi connectivity index (χ0n) is 16.0. The molecule has 1 unspecified atom stereocenters. The van der Waals surface area contributed by atoms with E-state index in [2.05, 4.69) is 33.4 Å². The van der Waals surface area contributed by atoms with E-state index in [1.165, 1.54) is 32.4 Å². The summed E-state index contributed by atoms with van der Waals surface area (Å²) in [5, 5.41) is 24.8. The first-order valence-corrected chi connectivity index (χ1v) is 9.76. The van der Waals surface area contributed by atoms with Gasteiger partial charge in [0.25, 0.3) is 0 Å². The molecule has 0 amide bonds. The molecule has 144 valence electrons. The van der Waals surface area contributed by atoms with E-state index in [9.17, 15) is 0 Å². The van der Waals surface area contributed by atoms with Gasteiger partial charge in [0.05, 0.1) is 13.1 Å². The Labute approximate surface area is 161 Å². The van der Waals surface area contributed by atoms with Gasteiger partial charge < -0.3 is 20.0 Å². The molecule has 1 aromatic heterocycles. The summed E-state index contributed by atoms with van der Waals surface area (Å²) >= 11 is 0. The van der Waals surface area contributed by atoms with Crippen LogP contribution in [0.4, 0.5) is 0 Å². The number of nitrogens with one attached hydrogen (secondary N) is 2. The number of piperidine rings is 1. The van der Waals surface area contributed by atoms with Crippen LogP contribution < -0.4 is 10.6 Å². The van der Waals surface area contributed by atoms with E-state index < -0.39 is 0 Å². The number of allylic oxidation sites excluding steroid dienone is 1. The highest BCUT2D eigenvalue weighted by Gasteiger charge is 2.22. The predicted molar refractivity (Wildman–Crippen MR) is 102 cm³/mol. The van der Waals surface area contributed by atoms with E-state index in [0.717, 1.165) is 37.7 Å². The fraction of sp³-hybridized carbons (Fsp3) is 0.600. The quantitative estimate of drug-likeness (QED) is 0.710. The van der Waals surface area contributed by atoms with Crippen LogP contribution in [0.5, 0.6) is 0 Å². The van der Waals surface area contributed by atoms with Gasteiger partial charge in [-0.2, -0.15) is 10.5 Å². The lowest BCUT2D eigenvalue weighted by Gasteiger charge is -2.25. The fourth-order valence-electron chi connectivity index (χ4n) is 3.70. The van der Waals surface area contributed by atoms with Gasteiger partial charge in [0.2, 0.25) is 0 Å². The van der Waals surface area contributed by atoms with Gasteiger partial charge in [0, 0.05) is 25.7 Å². The summed E-state index contributed by atoms with van der Waals surface area (Å²) in [4.78, 5) is 4.52. The zero-order valence-corrected chi connectivity index (χ0v) is 16.0. The molecule has 0 aliphatic carbocycles. The number of furan rings is 1. The molecule has 3 heterocycles. The minimum absolute atomic E-state index is 0.146. The Morgan fingerprint density at radius 1 is 1.19 bits per heavy atom. The van der Waals surface area contributed by atoms with Crippen molar-refractivity contribution >= 4 is 0 Å². The number of hydrogen-bond acceptors (Lipinski definition) is 7. The van der Waals surface area contributed by atoms with Gasteiger partial charge >= 0.3 is 0 Å². The van der Waals surface area contributed by atoms with Crippen LogP contribution in [-0.2, 0) is 13.1 Å². The van der Waals surface area contributed by atoms with Crippen LogP contribution in [0.25, 0.3) is 0 Å². The fourth-order valence-corrected chi connectivity index (χ4v) is 3.70. The Kier molecular flexibility index (Phi) is 6.75. The first-order chi connectivity index (χ1) is 13.2. The summed E-state index contributed by atoms with van der Waals surface area (Å²) in [6.07, 6.45) is 3.91. The third-order valence-corrected chi connectivity index (χ3v) is 5.12. The standard InChI is InChI=1S/C20H28N6O/c1-16(14-26-10-7-23-20(26)17(11-21)12-22)24-13-18-5-6-19(27-18)15-25-8-3-2-4-9-25/h5-6,16,23-24H,2-4,7-10,13-15H2,1H3. The van der Waals surface area contributed by atoms with Crippen LogP contribution in [0.2, 0.25) is 0 Å². The summed E-state index contributed by atoms with van der Waals surface area (Å²) in [6.45, 7) is 8.29. The van der Waals surface area contributed by atoms with E-state index >= 15 is 0 Å². The van der Waals surface area contributed by atoms with Crippen molar-refractivity contribution in [2.24, 2.45) is 0 Å². The summed E-state index contributed by atoms with van der Waals surface area (Å²) < 4.78 is 5.98. The molecule has 2 fully saturated rings. The second-order valence-electron chi connectivity index (χ2n) is 7.31.